The Bertz CT molecular complexity index is 428. The Labute approximate surface area is 122 Å². The molecule has 2 aliphatic rings. The van der Waals surface area contributed by atoms with E-state index in [4.69, 9.17) is 0 Å². The van der Waals surface area contributed by atoms with Crippen LogP contribution in [0, 0.1) is 5.41 Å². The van der Waals surface area contributed by atoms with Crippen LogP contribution in [-0.2, 0) is 6.54 Å². The summed E-state index contributed by atoms with van der Waals surface area (Å²) in [6, 6.07) is 2.15. The highest BCUT2D eigenvalue weighted by Gasteiger charge is 2.35. The lowest BCUT2D eigenvalue weighted by atomic mass is 9.68. The molecule has 2 heterocycles. The lowest BCUT2D eigenvalue weighted by Gasteiger charge is -2.45. The van der Waals surface area contributed by atoms with Gasteiger partial charge in [0.15, 0.2) is 0 Å². The number of hydrogen-bond acceptors (Lipinski definition) is 3. The standard InChI is InChI=1S/C17H27N3/c1-18-13-15-5-10-19-14-16(15)20-11-8-17(9-12-20)6-3-2-4-7-17/h5,10,14,18H,2-4,6-9,11-13H2,1H3. The minimum absolute atomic E-state index is 0.681. The average Bonchev–Trinajstić information content (AvgIpc) is 2.50. The third-order valence-corrected chi connectivity index (χ3v) is 5.33. The van der Waals surface area contributed by atoms with Crippen molar-refractivity contribution in [1.82, 2.24) is 10.3 Å². The highest BCUT2D eigenvalue weighted by molar-refractivity contribution is 5.52. The summed E-state index contributed by atoms with van der Waals surface area (Å²) in [5.74, 6) is 0. The molecule has 0 atom stereocenters. The number of anilines is 1. The molecule has 1 aliphatic heterocycles. The van der Waals surface area contributed by atoms with Gasteiger partial charge >= 0.3 is 0 Å². The van der Waals surface area contributed by atoms with Crippen molar-refractivity contribution in [3.8, 4) is 0 Å². The summed E-state index contributed by atoms with van der Waals surface area (Å²) in [5.41, 5.74) is 3.40. The van der Waals surface area contributed by atoms with Gasteiger partial charge in [0.2, 0.25) is 0 Å². The van der Waals surface area contributed by atoms with Crippen LogP contribution >= 0.6 is 0 Å². The Morgan fingerprint density at radius 1 is 1.15 bits per heavy atom. The van der Waals surface area contributed by atoms with Gasteiger partial charge in [0, 0.05) is 25.8 Å². The number of rotatable bonds is 3. The first-order valence-electron chi connectivity index (χ1n) is 8.15. The second kappa shape index (κ2) is 6.13. The van der Waals surface area contributed by atoms with E-state index in [0.717, 1.165) is 6.54 Å². The molecule has 0 aromatic carbocycles. The van der Waals surface area contributed by atoms with Gasteiger partial charge in [-0.05, 0) is 49.8 Å². The van der Waals surface area contributed by atoms with Gasteiger partial charge in [0.1, 0.15) is 0 Å². The first-order chi connectivity index (χ1) is 9.83. The molecule has 20 heavy (non-hydrogen) atoms. The molecule has 3 nitrogen and oxygen atoms in total. The van der Waals surface area contributed by atoms with E-state index in [2.05, 4.69) is 21.3 Å². The van der Waals surface area contributed by atoms with Gasteiger partial charge in [-0.25, -0.2) is 0 Å². The van der Waals surface area contributed by atoms with Gasteiger partial charge in [-0.3, -0.25) is 4.98 Å². The molecule has 1 saturated heterocycles. The monoisotopic (exact) mass is 273 g/mol. The van der Waals surface area contributed by atoms with Gasteiger partial charge in [-0.15, -0.1) is 0 Å². The van der Waals surface area contributed by atoms with Crippen molar-refractivity contribution in [2.45, 2.75) is 51.5 Å². The highest BCUT2D eigenvalue weighted by atomic mass is 15.1. The quantitative estimate of drug-likeness (QED) is 0.915. The zero-order valence-electron chi connectivity index (χ0n) is 12.7. The van der Waals surface area contributed by atoms with Crippen LogP contribution in [0.2, 0.25) is 0 Å². The second-order valence-electron chi connectivity index (χ2n) is 6.58. The van der Waals surface area contributed by atoms with Gasteiger partial charge in [0.25, 0.3) is 0 Å². The van der Waals surface area contributed by atoms with Crippen molar-refractivity contribution in [2.75, 3.05) is 25.0 Å². The van der Waals surface area contributed by atoms with Gasteiger partial charge in [0.05, 0.1) is 11.9 Å². The molecule has 1 aromatic heterocycles. The summed E-state index contributed by atoms with van der Waals surface area (Å²) in [7, 11) is 2.01. The second-order valence-corrected chi connectivity index (χ2v) is 6.58. The van der Waals surface area contributed by atoms with E-state index in [9.17, 15) is 0 Å². The lowest BCUT2D eigenvalue weighted by Crippen LogP contribution is -2.41. The normalized spacial score (nSPS) is 22.1. The molecule has 0 radical (unpaired) electrons. The molecule has 1 spiro atoms. The smallest absolute Gasteiger partial charge is 0.0598 e. The van der Waals surface area contributed by atoms with E-state index >= 15 is 0 Å². The van der Waals surface area contributed by atoms with E-state index in [1.165, 1.54) is 69.3 Å². The summed E-state index contributed by atoms with van der Waals surface area (Å²) in [6.45, 7) is 3.35. The maximum absolute atomic E-state index is 4.34. The lowest BCUT2D eigenvalue weighted by molar-refractivity contribution is 0.144. The molecule has 1 aromatic rings. The van der Waals surface area contributed by atoms with Crippen LogP contribution in [0.5, 0.6) is 0 Å². The molecule has 1 saturated carbocycles. The van der Waals surface area contributed by atoms with Crippen LogP contribution in [0.4, 0.5) is 5.69 Å². The average molecular weight is 273 g/mol. The summed E-state index contributed by atoms with van der Waals surface area (Å²) < 4.78 is 0. The summed E-state index contributed by atoms with van der Waals surface area (Å²) in [4.78, 5) is 6.89. The highest BCUT2D eigenvalue weighted by Crippen LogP contribution is 2.45. The van der Waals surface area contributed by atoms with Crippen LogP contribution < -0.4 is 10.2 Å². The van der Waals surface area contributed by atoms with Crippen LogP contribution in [0.15, 0.2) is 18.5 Å². The molecule has 3 heteroatoms. The summed E-state index contributed by atoms with van der Waals surface area (Å²) in [5, 5.41) is 3.27. The zero-order chi connectivity index (χ0) is 13.8. The maximum atomic E-state index is 4.34. The van der Waals surface area contributed by atoms with Crippen molar-refractivity contribution in [3.63, 3.8) is 0 Å². The fraction of sp³-hybridized carbons (Fsp3) is 0.706. The fourth-order valence-electron chi connectivity index (χ4n) is 4.06. The number of nitrogens with zero attached hydrogens (tertiary/aromatic N) is 2. The van der Waals surface area contributed by atoms with Crippen LogP contribution in [0.25, 0.3) is 0 Å². The largest absolute Gasteiger partial charge is 0.370 e. The SMILES string of the molecule is CNCc1ccncc1N1CCC2(CCCCC2)CC1. The predicted octanol–water partition coefficient (Wildman–Crippen LogP) is 3.35. The fourth-order valence-corrected chi connectivity index (χ4v) is 4.06. The minimum Gasteiger partial charge on any atom is -0.370 e. The summed E-state index contributed by atoms with van der Waals surface area (Å²) >= 11 is 0. The Hall–Kier alpha value is -1.09. The van der Waals surface area contributed by atoms with E-state index < -0.39 is 0 Å². The molecular formula is C17H27N3. The Morgan fingerprint density at radius 3 is 2.60 bits per heavy atom. The van der Waals surface area contributed by atoms with Crippen molar-refractivity contribution in [1.29, 1.82) is 0 Å². The van der Waals surface area contributed by atoms with Gasteiger partial charge in [-0.2, -0.15) is 0 Å². The Balaban J connectivity index is 1.68. The number of aromatic nitrogens is 1. The van der Waals surface area contributed by atoms with E-state index in [1.54, 1.807) is 0 Å². The van der Waals surface area contributed by atoms with E-state index in [1.807, 2.05) is 19.4 Å². The zero-order valence-corrected chi connectivity index (χ0v) is 12.7. The van der Waals surface area contributed by atoms with Gasteiger partial charge in [-0.1, -0.05) is 19.3 Å². The first-order valence-corrected chi connectivity index (χ1v) is 8.15. The number of hydrogen-bond donors (Lipinski definition) is 1. The number of nitrogens with one attached hydrogen (secondary N) is 1. The van der Waals surface area contributed by atoms with Crippen molar-refractivity contribution in [2.24, 2.45) is 5.41 Å². The molecule has 0 unspecified atom stereocenters. The van der Waals surface area contributed by atoms with E-state index in [0.29, 0.717) is 5.41 Å². The molecule has 3 rings (SSSR count). The number of pyridine rings is 1. The molecule has 1 N–H and O–H groups in total. The van der Waals surface area contributed by atoms with Crippen LogP contribution in [0.1, 0.15) is 50.5 Å². The maximum Gasteiger partial charge on any atom is 0.0598 e. The molecule has 2 fully saturated rings. The summed E-state index contributed by atoms with van der Waals surface area (Å²) in [6.07, 6.45) is 14.0. The van der Waals surface area contributed by atoms with Crippen LogP contribution in [-0.4, -0.2) is 25.1 Å². The van der Waals surface area contributed by atoms with Crippen molar-refractivity contribution in [3.05, 3.63) is 24.0 Å². The van der Waals surface area contributed by atoms with Crippen molar-refractivity contribution >= 4 is 5.69 Å². The molecule has 0 bridgehead atoms. The third-order valence-electron chi connectivity index (χ3n) is 5.33. The molecular weight excluding hydrogens is 246 g/mol. The number of piperidine rings is 1. The van der Waals surface area contributed by atoms with Gasteiger partial charge < -0.3 is 10.2 Å². The molecule has 0 amide bonds. The molecule has 1 aliphatic carbocycles. The predicted molar refractivity (Wildman–Crippen MR) is 84.0 cm³/mol. The molecule has 110 valence electrons. The van der Waals surface area contributed by atoms with Crippen LogP contribution in [0.3, 0.4) is 0 Å². The van der Waals surface area contributed by atoms with Crippen molar-refractivity contribution < 1.29 is 0 Å². The Morgan fingerprint density at radius 2 is 1.90 bits per heavy atom. The topological polar surface area (TPSA) is 28.2 Å². The third kappa shape index (κ3) is 2.83. The Kier molecular flexibility index (Phi) is 4.25. The van der Waals surface area contributed by atoms with E-state index in [-0.39, 0.29) is 0 Å². The minimum atomic E-state index is 0.681. The first kappa shape index (κ1) is 13.9.